The number of imide groups is 1. The topological polar surface area (TPSA) is 82.9 Å². The monoisotopic (exact) mass is 295 g/mol. The van der Waals surface area contributed by atoms with E-state index in [2.05, 4.69) is 10.7 Å². The van der Waals surface area contributed by atoms with Gasteiger partial charge in [0.1, 0.15) is 5.54 Å². The molecule has 2 saturated heterocycles. The Kier molecular flexibility index (Phi) is 3.84. The van der Waals surface area contributed by atoms with Gasteiger partial charge in [-0.1, -0.05) is 19.3 Å². The van der Waals surface area contributed by atoms with Crippen molar-refractivity contribution in [2.45, 2.75) is 50.5 Å². The molecule has 1 spiro atoms. The number of quaternary nitrogens is 1. The summed E-state index contributed by atoms with van der Waals surface area (Å²) in [6, 6.07) is -0.494. The first-order valence-electron chi connectivity index (χ1n) is 7.90. The Bertz CT molecular complexity index is 453. The van der Waals surface area contributed by atoms with Crippen LogP contribution in [0.25, 0.3) is 0 Å². The fraction of sp³-hybridized carbons (Fsp3) is 0.786. The number of carbonyl (C=O) groups is 3. The molecule has 1 saturated carbocycles. The summed E-state index contributed by atoms with van der Waals surface area (Å²) in [4.78, 5) is 37.7. The largest absolute Gasteiger partial charge is 0.344 e. The van der Waals surface area contributed by atoms with E-state index in [1.54, 1.807) is 0 Å². The van der Waals surface area contributed by atoms with Crippen molar-refractivity contribution >= 4 is 17.8 Å². The van der Waals surface area contributed by atoms with Gasteiger partial charge < -0.3 is 10.2 Å². The minimum atomic E-state index is -0.775. The molecule has 4 amide bonds. The van der Waals surface area contributed by atoms with E-state index in [0.717, 1.165) is 50.2 Å². The van der Waals surface area contributed by atoms with E-state index in [9.17, 15) is 14.4 Å². The number of carbonyl (C=O) groups excluding carboxylic acids is 3. The molecule has 21 heavy (non-hydrogen) atoms. The number of nitrogens with zero attached hydrogens (tertiary/aromatic N) is 1. The number of hydrogen-bond acceptors (Lipinski definition) is 3. The molecule has 0 aromatic rings. The molecule has 3 aliphatic rings. The van der Waals surface area contributed by atoms with Crippen LogP contribution in [0.3, 0.4) is 0 Å². The Balaban J connectivity index is 1.61. The minimum Gasteiger partial charge on any atom is -0.327 e. The molecule has 2 aliphatic heterocycles. The summed E-state index contributed by atoms with van der Waals surface area (Å²) in [7, 11) is 0. The number of urea groups is 1. The predicted molar refractivity (Wildman–Crippen MR) is 74.1 cm³/mol. The Morgan fingerprint density at radius 2 is 1.81 bits per heavy atom. The van der Waals surface area contributed by atoms with Crippen molar-refractivity contribution in [1.82, 2.24) is 15.8 Å². The maximum atomic E-state index is 12.5. The number of hydrazine groups is 1. The van der Waals surface area contributed by atoms with Gasteiger partial charge >= 0.3 is 6.03 Å². The highest BCUT2D eigenvalue weighted by Crippen LogP contribution is 2.32. The third-order valence-electron chi connectivity index (χ3n) is 4.83. The smallest absolute Gasteiger partial charge is 0.327 e. The maximum Gasteiger partial charge on any atom is 0.344 e. The molecule has 2 heterocycles. The van der Waals surface area contributed by atoms with Crippen molar-refractivity contribution in [2.24, 2.45) is 0 Å². The van der Waals surface area contributed by atoms with E-state index in [0.29, 0.717) is 19.4 Å². The van der Waals surface area contributed by atoms with E-state index in [-0.39, 0.29) is 11.8 Å². The summed E-state index contributed by atoms with van der Waals surface area (Å²) >= 11 is 0. The lowest BCUT2D eigenvalue weighted by atomic mass is 9.82. The second kappa shape index (κ2) is 5.63. The van der Waals surface area contributed by atoms with E-state index >= 15 is 0 Å². The van der Waals surface area contributed by atoms with Crippen LogP contribution in [0.2, 0.25) is 0 Å². The van der Waals surface area contributed by atoms with Crippen molar-refractivity contribution in [3.8, 4) is 0 Å². The molecular formula is C14H23N4O3+. The first-order valence-corrected chi connectivity index (χ1v) is 7.90. The molecule has 0 aromatic heterocycles. The van der Waals surface area contributed by atoms with Crippen LogP contribution in [-0.4, -0.2) is 48.0 Å². The van der Waals surface area contributed by atoms with Gasteiger partial charge in [0, 0.05) is 12.8 Å². The fourth-order valence-corrected chi connectivity index (χ4v) is 3.66. The van der Waals surface area contributed by atoms with Crippen molar-refractivity contribution < 1.29 is 19.3 Å². The van der Waals surface area contributed by atoms with Gasteiger partial charge in [0.25, 0.3) is 11.8 Å². The molecular weight excluding hydrogens is 272 g/mol. The molecule has 0 aromatic carbocycles. The first-order chi connectivity index (χ1) is 10.1. The Morgan fingerprint density at radius 3 is 2.48 bits per heavy atom. The lowest BCUT2D eigenvalue weighted by Gasteiger charge is -2.30. The SMILES string of the molecule is O=C(C[NH+]1CCCC1)NN1C(=O)NC2(CCCCC2)C1=O. The third-order valence-corrected chi connectivity index (χ3v) is 4.83. The molecule has 7 nitrogen and oxygen atoms in total. The lowest BCUT2D eigenvalue weighted by Crippen LogP contribution is -3.11. The molecule has 3 N–H and O–H groups in total. The summed E-state index contributed by atoms with van der Waals surface area (Å²) in [6.45, 7) is 2.29. The van der Waals surface area contributed by atoms with Crippen molar-refractivity contribution in [3.05, 3.63) is 0 Å². The number of nitrogens with one attached hydrogen (secondary N) is 3. The standard InChI is InChI=1S/C14H22N4O3/c19-11(10-17-8-4-5-9-17)16-18-12(20)14(15-13(18)21)6-2-1-3-7-14/h1-10H2,(H,15,21)(H,16,19)/p+1. The van der Waals surface area contributed by atoms with Crippen molar-refractivity contribution in [3.63, 3.8) is 0 Å². The average Bonchev–Trinajstić information content (AvgIpc) is 3.04. The zero-order valence-electron chi connectivity index (χ0n) is 12.2. The highest BCUT2D eigenvalue weighted by atomic mass is 16.2. The molecule has 1 aliphatic carbocycles. The maximum absolute atomic E-state index is 12.5. The molecule has 3 rings (SSSR count). The summed E-state index contributed by atoms with van der Waals surface area (Å²) < 4.78 is 0. The van der Waals surface area contributed by atoms with E-state index in [1.165, 1.54) is 4.90 Å². The van der Waals surface area contributed by atoms with Crippen molar-refractivity contribution in [1.29, 1.82) is 0 Å². The summed E-state index contributed by atoms with van der Waals surface area (Å²) in [5.74, 6) is -0.555. The zero-order valence-corrected chi connectivity index (χ0v) is 12.2. The quantitative estimate of drug-likeness (QED) is 0.581. The number of hydrogen-bond donors (Lipinski definition) is 3. The van der Waals surface area contributed by atoms with Gasteiger partial charge in [0.2, 0.25) is 0 Å². The Labute approximate surface area is 124 Å². The van der Waals surface area contributed by atoms with Crippen LogP contribution in [0, 0.1) is 0 Å². The number of amides is 4. The predicted octanol–water partition coefficient (Wildman–Crippen LogP) is -1.05. The van der Waals surface area contributed by atoms with E-state index in [1.807, 2.05) is 0 Å². The first kappa shape index (κ1) is 14.3. The van der Waals surface area contributed by atoms with Crippen LogP contribution in [0.15, 0.2) is 0 Å². The Morgan fingerprint density at radius 1 is 1.14 bits per heavy atom. The molecule has 0 radical (unpaired) electrons. The van der Waals surface area contributed by atoms with Crippen LogP contribution in [-0.2, 0) is 9.59 Å². The number of rotatable bonds is 3. The van der Waals surface area contributed by atoms with Gasteiger partial charge in [0.15, 0.2) is 6.54 Å². The molecule has 0 atom stereocenters. The minimum absolute atomic E-state index is 0.261. The van der Waals surface area contributed by atoms with E-state index in [4.69, 9.17) is 0 Å². The molecule has 7 heteroatoms. The second-order valence-electron chi connectivity index (χ2n) is 6.38. The highest BCUT2D eigenvalue weighted by molar-refractivity contribution is 6.08. The molecule has 116 valence electrons. The lowest BCUT2D eigenvalue weighted by molar-refractivity contribution is -0.879. The Hall–Kier alpha value is -1.63. The molecule has 0 unspecified atom stereocenters. The second-order valence-corrected chi connectivity index (χ2v) is 6.38. The van der Waals surface area contributed by atoms with E-state index < -0.39 is 11.6 Å². The number of likely N-dealkylation sites (tertiary alicyclic amines) is 1. The average molecular weight is 295 g/mol. The van der Waals surface area contributed by atoms with Crippen LogP contribution < -0.4 is 15.6 Å². The van der Waals surface area contributed by atoms with Gasteiger partial charge in [-0.15, -0.1) is 0 Å². The molecule has 3 fully saturated rings. The summed E-state index contributed by atoms with van der Waals surface area (Å²) in [5.41, 5.74) is 1.71. The third kappa shape index (κ3) is 2.74. The van der Waals surface area contributed by atoms with Crippen LogP contribution in [0.4, 0.5) is 4.79 Å². The van der Waals surface area contributed by atoms with Gasteiger partial charge in [0.05, 0.1) is 13.1 Å². The van der Waals surface area contributed by atoms with Gasteiger partial charge in [-0.2, -0.15) is 5.01 Å². The summed E-state index contributed by atoms with van der Waals surface area (Å²) in [5, 5.41) is 3.68. The summed E-state index contributed by atoms with van der Waals surface area (Å²) in [6.07, 6.45) is 6.57. The van der Waals surface area contributed by atoms with Crippen LogP contribution in [0.1, 0.15) is 44.9 Å². The van der Waals surface area contributed by atoms with Crippen molar-refractivity contribution in [2.75, 3.05) is 19.6 Å². The normalized spacial score (nSPS) is 25.4. The van der Waals surface area contributed by atoms with Gasteiger partial charge in [-0.25, -0.2) is 4.79 Å². The zero-order chi connectivity index (χ0) is 14.9. The molecule has 0 bridgehead atoms. The fourth-order valence-electron chi connectivity index (χ4n) is 3.66. The van der Waals surface area contributed by atoms with Gasteiger partial charge in [-0.3, -0.25) is 15.0 Å². The van der Waals surface area contributed by atoms with Crippen LogP contribution >= 0.6 is 0 Å². The van der Waals surface area contributed by atoms with Gasteiger partial charge in [-0.05, 0) is 12.8 Å². The highest BCUT2D eigenvalue weighted by Gasteiger charge is 2.52. The van der Waals surface area contributed by atoms with Crippen LogP contribution in [0.5, 0.6) is 0 Å².